The van der Waals surface area contributed by atoms with E-state index in [0.29, 0.717) is 5.82 Å². The van der Waals surface area contributed by atoms with E-state index < -0.39 is 0 Å². The number of para-hydroxylation sites is 1. The molecule has 0 atom stereocenters. The van der Waals surface area contributed by atoms with Gasteiger partial charge in [-0.1, -0.05) is 35.9 Å². The summed E-state index contributed by atoms with van der Waals surface area (Å²) in [6.45, 7) is 5.96. The molecule has 0 fully saturated rings. The molecule has 0 unspecified atom stereocenters. The van der Waals surface area contributed by atoms with Gasteiger partial charge in [0.15, 0.2) is 11.5 Å². The number of nitrogens with one attached hydrogen (secondary N) is 2. The van der Waals surface area contributed by atoms with Crippen molar-refractivity contribution >= 4 is 23.1 Å². The molecule has 1 heterocycles. The second-order valence-corrected chi connectivity index (χ2v) is 6.02. The number of nitrogens with zero attached hydrogens (tertiary/aromatic N) is 2. The number of hydrogen-bond donors (Lipinski definition) is 2. The standard InChI is InChI=1S/C20H20N4O/c1-13-7-9-16(10-8-13)21-18-12-11-17(23-24-18)20(25)22-19-14(2)5-4-6-15(19)3/h4-12H,1-3H3,(H,21,24)(H,22,25). The molecule has 0 aliphatic rings. The van der Waals surface area contributed by atoms with Crippen molar-refractivity contribution in [2.75, 3.05) is 10.6 Å². The number of rotatable bonds is 4. The SMILES string of the molecule is Cc1ccc(Nc2ccc(C(=O)Nc3c(C)cccc3C)nn2)cc1. The van der Waals surface area contributed by atoms with E-state index in [1.54, 1.807) is 12.1 Å². The van der Waals surface area contributed by atoms with Gasteiger partial charge in [-0.15, -0.1) is 10.2 Å². The maximum Gasteiger partial charge on any atom is 0.276 e. The molecule has 0 bridgehead atoms. The van der Waals surface area contributed by atoms with Gasteiger partial charge in [0.1, 0.15) is 0 Å². The van der Waals surface area contributed by atoms with Crippen LogP contribution in [0.4, 0.5) is 17.2 Å². The summed E-state index contributed by atoms with van der Waals surface area (Å²) in [7, 11) is 0. The van der Waals surface area contributed by atoms with Crippen LogP contribution in [0.3, 0.4) is 0 Å². The van der Waals surface area contributed by atoms with E-state index in [0.717, 1.165) is 22.5 Å². The quantitative estimate of drug-likeness (QED) is 0.743. The van der Waals surface area contributed by atoms with Crippen LogP contribution in [0, 0.1) is 20.8 Å². The van der Waals surface area contributed by atoms with E-state index in [2.05, 4.69) is 20.8 Å². The lowest BCUT2D eigenvalue weighted by atomic mass is 10.1. The molecule has 126 valence electrons. The molecule has 0 saturated heterocycles. The Hall–Kier alpha value is -3.21. The topological polar surface area (TPSA) is 66.9 Å². The normalized spacial score (nSPS) is 10.4. The zero-order valence-corrected chi connectivity index (χ0v) is 14.5. The van der Waals surface area contributed by atoms with Crippen LogP contribution in [0.15, 0.2) is 54.6 Å². The van der Waals surface area contributed by atoms with Crippen LogP contribution in [0.2, 0.25) is 0 Å². The first-order chi connectivity index (χ1) is 12.0. The lowest BCUT2D eigenvalue weighted by molar-refractivity contribution is 0.102. The Kier molecular flexibility index (Phi) is 4.75. The number of carbonyl (C=O) groups is 1. The first-order valence-electron chi connectivity index (χ1n) is 8.08. The summed E-state index contributed by atoms with van der Waals surface area (Å²) in [6, 6.07) is 17.3. The molecule has 0 saturated carbocycles. The van der Waals surface area contributed by atoms with Crippen LogP contribution in [0.5, 0.6) is 0 Å². The smallest absolute Gasteiger partial charge is 0.276 e. The minimum atomic E-state index is -0.271. The van der Waals surface area contributed by atoms with Crippen molar-refractivity contribution in [1.29, 1.82) is 0 Å². The average Bonchev–Trinajstić information content (AvgIpc) is 2.61. The predicted molar refractivity (Wildman–Crippen MR) is 100 cm³/mol. The minimum Gasteiger partial charge on any atom is -0.339 e. The molecule has 0 radical (unpaired) electrons. The van der Waals surface area contributed by atoms with Gasteiger partial charge in [-0.05, 0) is 56.2 Å². The molecule has 0 aliphatic heterocycles. The molecule has 1 aromatic heterocycles. The summed E-state index contributed by atoms with van der Waals surface area (Å²) in [5, 5.41) is 14.2. The monoisotopic (exact) mass is 332 g/mol. The fourth-order valence-electron chi connectivity index (χ4n) is 2.49. The van der Waals surface area contributed by atoms with E-state index >= 15 is 0 Å². The molecule has 0 spiro atoms. The van der Waals surface area contributed by atoms with Gasteiger partial charge in [-0.2, -0.15) is 0 Å². The maximum absolute atomic E-state index is 12.4. The average molecular weight is 332 g/mol. The molecular formula is C20H20N4O. The van der Waals surface area contributed by atoms with Crippen molar-refractivity contribution in [2.45, 2.75) is 20.8 Å². The van der Waals surface area contributed by atoms with Gasteiger partial charge in [0.05, 0.1) is 0 Å². The number of benzene rings is 2. The number of carbonyl (C=O) groups excluding carboxylic acids is 1. The highest BCUT2D eigenvalue weighted by Gasteiger charge is 2.11. The molecule has 2 N–H and O–H groups in total. The zero-order valence-electron chi connectivity index (χ0n) is 14.5. The molecule has 0 aliphatic carbocycles. The van der Waals surface area contributed by atoms with E-state index in [9.17, 15) is 4.79 Å². The van der Waals surface area contributed by atoms with Crippen LogP contribution < -0.4 is 10.6 Å². The van der Waals surface area contributed by atoms with Crippen molar-refractivity contribution in [1.82, 2.24) is 10.2 Å². The molecule has 5 heteroatoms. The van der Waals surface area contributed by atoms with E-state index in [4.69, 9.17) is 0 Å². The van der Waals surface area contributed by atoms with Crippen molar-refractivity contribution in [3.63, 3.8) is 0 Å². The Morgan fingerprint density at radius 3 is 2.12 bits per heavy atom. The number of anilines is 3. The lowest BCUT2D eigenvalue weighted by Crippen LogP contribution is -2.16. The highest BCUT2D eigenvalue weighted by molar-refractivity contribution is 6.03. The Labute approximate surface area is 147 Å². The summed E-state index contributed by atoms with van der Waals surface area (Å²) in [5.74, 6) is 0.319. The van der Waals surface area contributed by atoms with Crippen molar-refractivity contribution < 1.29 is 4.79 Å². The molecule has 5 nitrogen and oxygen atoms in total. The molecule has 2 aromatic carbocycles. The zero-order chi connectivity index (χ0) is 17.8. The van der Waals surface area contributed by atoms with Crippen LogP contribution in [0.1, 0.15) is 27.2 Å². The molecular weight excluding hydrogens is 312 g/mol. The summed E-state index contributed by atoms with van der Waals surface area (Å²) < 4.78 is 0. The highest BCUT2D eigenvalue weighted by Crippen LogP contribution is 2.20. The van der Waals surface area contributed by atoms with Crippen LogP contribution >= 0.6 is 0 Å². The van der Waals surface area contributed by atoms with Crippen molar-refractivity contribution in [2.24, 2.45) is 0 Å². The number of aryl methyl sites for hydroxylation is 3. The molecule has 25 heavy (non-hydrogen) atoms. The maximum atomic E-state index is 12.4. The van der Waals surface area contributed by atoms with E-state index in [1.165, 1.54) is 5.56 Å². The van der Waals surface area contributed by atoms with Crippen LogP contribution in [0.25, 0.3) is 0 Å². The van der Waals surface area contributed by atoms with Gasteiger partial charge in [0, 0.05) is 11.4 Å². The summed E-state index contributed by atoms with van der Waals surface area (Å²) in [5.41, 5.74) is 5.23. The fraction of sp³-hybridized carbons (Fsp3) is 0.150. The highest BCUT2D eigenvalue weighted by atomic mass is 16.1. The van der Waals surface area contributed by atoms with E-state index in [1.807, 2.05) is 63.2 Å². The largest absolute Gasteiger partial charge is 0.339 e. The minimum absolute atomic E-state index is 0.271. The van der Waals surface area contributed by atoms with Crippen LogP contribution in [-0.4, -0.2) is 16.1 Å². The Balaban J connectivity index is 1.71. The Bertz CT molecular complexity index is 866. The third-order valence-corrected chi connectivity index (χ3v) is 3.94. The van der Waals surface area contributed by atoms with Gasteiger partial charge in [-0.3, -0.25) is 4.79 Å². The summed E-state index contributed by atoms with van der Waals surface area (Å²) >= 11 is 0. The fourth-order valence-corrected chi connectivity index (χ4v) is 2.49. The first-order valence-corrected chi connectivity index (χ1v) is 8.08. The van der Waals surface area contributed by atoms with Gasteiger partial charge in [-0.25, -0.2) is 0 Å². The lowest BCUT2D eigenvalue weighted by Gasteiger charge is -2.11. The molecule has 3 rings (SSSR count). The number of aromatic nitrogens is 2. The van der Waals surface area contributed by atoms with Gasteiger partial charge in [0.25, 0.3) is 5.91 Å². The number of amides is 1. The van der Waals surface area contributed by atoms with Crippen molar-refractivity contribution in [3.8, 4) is 0 Å². The van der Waals surface area contributed by atoms with Gasteiger partial charge in [0.2, 0.25) is 0 Å². The Morgan fingerprint density at radius 2 is 1.52 bits per heavy atom. The number of hydrogen-bond acceptors (Lipinski definition) is 4. The first kappa shape index (κ1) is 16.6. The van der Waals surface area contributed by atoms with Crippen molar-refractivity contribution in [3.05, 3.63) is 77.0 Å². The molecule has 1 amide bonds. The van der Waals surface area contributed by atoms with Gasteiger partial charge >= 0.3 is 0 Å². The predicted octanol–water partition coefficient (Wildman–Crippen LogP) is 4.40. The third-order valence-electron chi connectivity index (χ3n) is 3.94. The summed E-state index contributed by atoms with van der Waals surface area (Å²) in [6.07, 6.45) is 0. The summed E-state index contributed by atoms with van der Waals surface area (Å²) in [4.78, 5) is 12.4. The second-order valence-electron chi connectivity index (χ2n) is 6.02. The Morgan fingerprint density at radius 1 is 0.840 bits per heavy atom. The third kappa shape index (κ3) is 4.01. The van der Waals surface area contributed by atoms with Gasteiger partial charge < -0.3 is 10.6 Å². The second kappa shape index (κ2) is 7.13. The van der Waals surface area contributed by atoms with Crippen LogP contribution in [-0.2, 0) is 0 Å². The molecule has 3 aromatic rings. The van der Waals surface area contributed by atoms with E-state index in [-0.39, 0.29) is 11.6 Å².